The smallest absolute Gasteiger partial charge is 0.304 e. The summed E-state index contributed by atoms with van der Waals surface area (Å²) in [5.74, 6) is 0.0165. The van der Waals surface area contributed by atoms with Crippen molar-refractivity contribution >= 4 is 5.97 Å². The Balaban J connectivity index is 0.00000277. The Hall–Kier alpha value is -2.33. The highest BCUT2D eigenvalue weighted by molar-refractivity contribution is 5.66. The number of nitrogens with zero attached hydrogens (tertiary/aromatic N) is 1. The molecule has 0 amide bonds. The van der Waals surface area contributed by atoms with Gasteiger partial charge < -0.3 is 9.84 Å². The average Bonchev–Trinajstić information content (AvgIpc) is 2.64. The molecule has 0 spiro atoms. The number of carbonyl (C=O) groups is 1. The van der Waals surface area contributed by atoms with Gasteiger partial charge in [0.1, 0.15) is 5.75 Å². The van der Waals surface area contributed by atoms with Gasteiger partial charge in [-0.1, -0.05) is 56.9 Å². The van der Waals surface area contributed by atoms with Crippen molar-refractivity contribution < 1.29 is 14.6 Å². The number of hydrogen-bond acceptors (Lipinski definition) is 3. The first-order valence-corrected chi connectivity index (χ1v) is 8.60. The van der Waals surface area contributed by atoms with Crippen molar-refractivity contribution in [3.8, 4) is 5.75 Å². The van der Waals surface area contributed by atoms with E-state index in [1.807, 2.05) is 63.3 Å². The number of methoxy groups -OCH3 is 1. The lowest BCUT2D eigenvalue weighted by molar-refractivity contribution is -0.137. The van der Waals surface area contributed by atoms with Crippen LogP contribution in [-0.4, -0.2) is 36.2 Å². The number of carboxylic acids is 1. The lowest BCUT2D eigenvalue weighted by Gasteiger charge is -2.22. The predicted octanol–water partition coefficient (Wildman–Crippen LogP) is 4.69. The number of carboxylic acid groups (broad SMARTS) is 1. The van der Waals surface area contributed by atoms with E-state index in [0.29, 0.717) is 19.6 Å². The van der Waals surface area contributed by atoms with Crippen LogP contribution in [0, 0.1) is 0 Å². The van der Waals surface area contributed by atoms with E-state index in [0.717, 1.165) is 16.9 Å². The zero-order valence-corrected chi connectivity index (χ0v) is 15.9. The minimum absolute atomic E-state index is 0.117. The summed E-state index contributed by atoms with van der Waals surface area (Å²) in [6.45, 7) is 11.5. The molecular formula is C21H31NO3. The van der Waals surface area contributed by atoms with E-state index in [-0.39, 0.29) is 6.42 Å². The molecule has 1 rings (SSSR count). The summed E-state index contributed by atoms with van der Waals surface area (Å²) < 4.78 is 5.24. The second-order valence-corrected chi connectivity index (χ2v) is 5.16. The number of rotatable bonds is 10. The van der Waals surface area contributed by atoms with E-state index in [1.54, 1.807) is 13.2 Å². The summed E-state index contributed by atoms with van der Waals surface area (Å²) >= 11 is 0. The molecule has 4 heteroatoms. The normalized spacial score (nSPS) is 11.2. The quantitative estimate of drug-likeness (QED) is 0.625. The number of ether oxygens (including phenoxy) is 1. The van der Waals surface area contributed by atoms with Gasteiger partial charge in [-0.3, -0.25) is 9.69 Å². The van der Waals surface area contributed by atoms with Crippen molar-refractivity contribution in [2.75, 3.05) is 20.2 Å². The first kappa shape index (κ1) is 22.7. The lowest BCUT2D eigenvalue weighted by atomic mass is 10.1. The third-order valence-electron chi connectivity index (χ3n) is 3.41. The van der Waals surface area contributed by atoms with Crippen LogP contribution in [0.4, 0.5) is 0 Å². The fraction of sp³-hybridized carbons (Fsp3) is 0.381. The standard InChI is InChI=1S/C19H25NO3.C2H6/c1-4-6-8-16(5-2)14-20(12-11-19(21)22)15-17-9-7-10-18(13-17)23-3;1-2/h4-10,13H,1,11-12,14-15H2,2-3H3,(H,21,22);1-2H3/b8-6-,16-5+;. The molecule has 4 nitrogen and oxygen atoms in total. The second-order valence-electron chi connectivity index (χ2n) is 5.16. The molecule has 0 saturated carbocycles. The van der Waals surface area contributed by atoms with Crippen LogP contribution in [0.25, 0.3) is 0 Å². The maximum Gasteiger partial charge on any atom is 0.304 e. The van der Waals surface area contributed by atoms with Crippen molar-refractivity contribution in [3.05, 3.63) is 66.3 Å². The van der Waals surface area contributed by atoms with Gasteiger partial charge in [-0.05, 0) is 30.2 Å². The first-order chi connectivity index (χ1) is 12.1. The molecule has 0 unspecified atom stereocenters. The molecule has 25 heavy (non-hydrogen) atoms. The summed E-state index contributed by atoms with van der Waals surface area (Å²) in [7, 11) is 1.64. The van der Waals surface area contributed by atoms with Crippen LogP contribution in [0.2, 0.25) is 0 Å². The molecule has 0 aromatic heterocycles. The van der Waals surface area contributed by atoms with Gasteiger partial charge in [0.25, 0.3) is 0 Å². The molecule has 0 fully saturated rings. The highest BCUT2D eigenvalue weighted by Gasteiger charge is 2.10. The molecule has 0 aliphatic carbocycles. The largest absolute Gasteiger partial charge is 0.497 e. The second kappa shape index (κ2) is 14.1. The Morgan fingerprint density at radius 3 is 2.64 bits per heavy atom. The van der Waals surface area contributed by atoms with Gasteiger partial charge in [0.05, 0.1) is 13.5 Å². The Labute approximate surface area is 152 Å². The summed E-state index contributed by atoms with van der Waals surface area (Å²) in [5.41, 5.74) is 2.22. The molecule has 1 N–H and O–H groups in total. The lowest BCUT2D eigenvalue weighted by Crippen LogP contribution is -2.28. The van der Waals surface area contributed by atoms with Crippen LogP contribution in [0.15, 0.2) is 60.7 Å². The van der Waals surface area contributed by atoms with E-state index < -0.39 is 5.97 Å². The molecule has 0 radical (unpaired) electrons. The van der Waals surface area contributed by atoms with Gasteiger partial charge >= 0.3 is 5.97 Å². The maximum absolute atomic E-state index is 10.9. The van der Waals surface area contributed by atoms with Crippen LogP contribution in [0.5, 0.6) is 5.75 Å². The van der Waals surface area contributed by atoms with Crippen molar-refractivity contribution in [2.24, 2.45) is 0 Å². The van der Waals surface area contributed by atoms with Gasteiger partial charge in [-0.25, -0.2) is 0 Å². The van der Waals surface area contributed by atoms with Crippen molar-refractivity contribution in [2.45, 2.75) is 33.7 Å². The summed E-state index contributed by atoms with van der Waals surface area (Å²) in [4.78, 5) is 13.0. The number of hydrogen-bond donors (Lipinski definition) is 1. The van der Waals surface area contributed by atoms with Gasteiger partial charge in [-0.2, -0.15) is 0 Å². The van der Waals surface area contributed by atoms with Crippen LogP contribution in [0.3, 0.4) is 0 Å². The molecule has 0 atom stereocenters. The zero-order valence-electron chi connectivity index (χ0n) is 15.9. The number of benzene rings is 1. The molecule has 0 bridgehead atoms. The molecule has 0 saturated heterocycles. The van der Waals surface area contributed by atoms with Gasteiger partial charge in [0, 0.05) is 19.6 Å². The molecule has 0 aliphatic rings. The maximum atomic E-state index is 10.9. The molecular weight excluding hydrogens is 314 g/mol. The first-order valence-electron chi connectivity index (χ1n) is 8.60. The topological polar surface area (TPSA) is 49.8 Å². The van der Waals surface area contributed by atoms with E-state index in [1.165, 1.54) is 0 Å². The van der Waals surface area contributed by atoms with Crippen LogP contribution >= 0.6 is 0 Å². The van der Waals surface area contributed by atoms with Crippen molar-refractivity contribution in [1.82, 2.24) is 4.90 Å². The third-order valence-corrected chi connectivity index (χ3v) is 3.41. The zero-order chi connectivity index (χ0) is 19.1. The van der Waals surface area contributed by atoms with Gasteiger partial charge in [0.2, 0.25) is 0 Å². The van der Waals surface area contributed by atoms with Crippen LogP contribution < -0.4 is 4.74 Å². The predicted molar refractivity (Wildman–Crippen MR) is 105 cm³/mol. The molecule has 1 aromatic carbocycles. The van der Waals surface area contributed by atoms with E-state index >= 15 is 0 Å². The number of aliphatic carboxylic acids is 1. The third kappa shape index (κ3) is 10.2. The monoisotopic (exact) mass is 345 g/mol. The highest BCUT2D eigenvalue weighted by atomic mass is 16.5. The van der Waals surface area contributed by atoms with E-state index in [2.05, 4.69) is 11.5 Å². The minimum atomic E-state index is -0.788. The minimum Gasteiger partial charge on any atom is -0.497 e. The summed E-state index contributed by atoms with van der Waals surface area (Å²) in [6, 6.07) is 7.83. The molecule has 1 aromatic rings. The Kier molecular flexibility index (Phi) is 12.7. The highest BCUT2D eigenvalue weighted by Crippen LogP contribution is 2.15. The van der Waals surface area contributed by atoms with Crippen LogP contribution in [-0.2, 0) is 11.3 Å². The van der Waals surface area contributed by atoms with Crippen LogP contribution in [0.1, 0.15) is 32.8 Å². The van der Waals surface area contributed by atoms with Crippen molar-refractivity contribution in [1.29, 1.82) is 0 Å². The Bertz CT molecular complexity index is 576. The fourth-order valence-electron chi connectivity index (χ4n) is 2.19. The SMILES string of the molecule is C=C/C=C\C(=C/C)CN(CCC(=O)O)Cc1cccc(OC)c1.CC. The molecule has 138 valence electrons. The van der Waals surface area contributed by atoms with Crippen molar-refractivity contribution in [3.63, 3.8) is 0 Å². The van der Waals surface area contributed by atoms with E-state index in [4.69, 9.17) is 9.84 Å². The molecule has 0 aliphatic heterocycles. The molecule has 0 heterocycles. The summed E-state index contributed by atoms with van der Waals surface area (Å²) in [5, 5.41) is 8.95. The number of allylic oxidation sites excluding steroid dienone is 3. The van der Waals surface area contributed by atoms with Gasteiger partial charge in [-0.15, -0.1) is 0 Å². The fourth-order valence-corrected chi connectivity index (χ4v) is 2.19. The Morgan fingerprint density at radius 2 is 2.08 bits per heavy atom. The van der Waals surface area contributed by atoms with E-state index in [9.17, 15) is 4.79 Å². The summed E-state index contributed by atoms with van der Waals surface area (Å²) in [6.07, 6.45) is 7.75. The van der Waals surface area contributed by atoms with Gasteiger partial charge in [0.15, 0.2) is 0 Å². The average molecular weight is 345 g/mol. The Morgan fingerprint density at radius 1 is 1.36 bits per heavy atom.